The minimum absolute atomic E-state index is 0.195. The van der Waals surface area contributed by atoms with Crippen molar-refractivity contribution in [3.63, 3.8) is 0 Å². The summed E-state index contributed by atoms with van der Waals surface area (Å²) in [5.74, 6) is 0.553. The Balaban J connectivity index is 2.70. The van der Waals surface area contributed by atoms with Crippen LogP contribution in [-0.2, 0) is 11.0 Å². The standard InChI is InChI=1S/C15H23ClFNOS/c1-15(2,3)20(19)18-11-13(5-4-10-16)12-6-8-14(17)9-7-12/h6-9,13,18H,4-5,10-11H2,1-3H3/t13-,20+/m0/s1. The van der Waals surface area contributed by atoms with Gasteiger partial charge in [0.15, 0.2) is 0 Å². The molecule has 0 saturated carbocycles. The molecule has 0 saturated heterocycles. The van der Waals surface area contributed by atoms with Gasteiger partial charge in [-0.25, -0.2) is 13.3 Å². The van der Waals surface area contributed by atoms with Crippen LogP contribution in [0.25, 0.3) is 0 Å². The topological polar surface area (TPSA) is 29.1 Å². The Hall–Kier alpha value is -0.450. The molecular formula is C15H23ClFNOS. The molecule has 0 radical (unpaired) electrons. The van der Waals surface area contributed by atoms with E-state index in [0.717, 1.165) is 18.4 Å². The Morgan fingerprint density at radius 2 is 1.90 bits per heavy atom. The zero-order chi connectivity index (χ0) is 15.2. The van der Waals surface area contributed by atoms with Gasteiger partial charge in [-0.05, 0) is 57.2 Å². The van der Waals surface area contributed by atoms with Gasteiger partial charge >= 0.3 is 0 Å². The average molecular weight is 320 g/mol. The molecule has 0 bridgehead atoms. The molecule has 0 spiro atoms. The first-order valence-corrected chi connectivity index (χ1v) is 8.50. The first kappa shape index (κ1) is 17.6. The van der Waals surface area contributed by atoms with E-state index in [1.54, 1.807) is 12.1 Å². The van der Waals surface area contributed by atoms with Gasteiger partial charge in [0.25, 0.3) is 0 Å². The summed E-state index contributed by atoms with van der Waals surface area (Å²) in [5.41, 5.74) is 1.05. The monoisotopic (exact) mass is 319 g/mol. The first-order chi connectivity index (χ1) is 9.34. The maximum absolute atomic E-state index is 13.0. The van der Waals surface area contributed by atoms with Crippen molar-refractivity contribution in [1.29, 1.82) is 0 Å². The fourth-order valence-electron chi connectivity index (χ4n) is 1.84. The smallest absolute Gasteiger partial charge is 0.123 e. The zero-order valence-electron chi connectivity index (χ0n) is 12.3. The number of nitrogens with one attached hydrogen (secondary N) is 1. The third-order valence-electron chi connectivity index (χ3n) is 3.04. The summed E-state index contributed by atoms with van der Waals surface area (Å²) < 4.78 is 27.8. The van der Waals surface area contributed by atoms with E-state index in [0.29, 0.717) is 12.4 Å². The lowest BCUT2D eigenvalue weighted by atomic mass is 9.95. The lowest BCUT2D eigenvalue weighted by molar-refractivity contribution is 0.581. The van der Waals surface area contributed by atoms with Crippen molar-refractivity contribution in [2.45, 2.75) is 44.3 Å². The van der Waals surface area contributed by atoms with Crippen LogP contribution in [0, 0.1) is 5.82 Å². The molecule has 0 heterocycles. The molecule has 2 atom stereocenters. The molecule has 0 aliphatic carbocycles. The van der Waals surface area contributed by atoms with Gasteiger partial charge in [0.2, 0.25) is 0 Å². The first-order valence-electron chi connectivity index (χ1n) is 6.81. The summed E-state index contributed by atoms with van der Waals surface area (Å²) in [7, 11) is -1.10. The normalized spacial score (nSPS) is 15.1. The van der Waals surface area contributed by atoms with Gasteiger partial charge in [-0.15, -0.1) is 11.6 Å². The van der Waals surface area contributed by atoms with Crippen LogP contribution < -0.4 is 4.72 Å². The summed E-state index contributed by atoms with van der Waals surface area (Å²) in [4.78, 5) is 0. The highest BCUT2D eigenvalue weighted by Gasteiger charge is 2.21. The number of halogens is 2. The molecule has 114 valence electrons. The fourth-order valence-corrected chi connectivity index (χ4v) is 2.78. The minimum Gasteiger partial charge on any atom is -0.242 e. The average Bonchev–Trinajstić information content (AvgIpc) is 2.39. The predicted molar refractivity (Wildman–Crippen MR) is 85.0 cm³/mol. The molecule has 5 heteroatoms. The van der Waals surface area contributed by atoms with E-state index in [1.807, 2.05) is 20.8 Å². The highest BCUT2D eigenvalue weighted by Crippen LogP contribution is 2.22. The summed E-state index contributed by atoms with van der Waals surface area (Å²) in [6.45, 7) is 6.40. The van der Waals surface area contributed by atoms with Crippen molar-refractivity contribution < 1.29 is 8.60 Å². The lowest BCUT2D eigenvalue weighted by Gasteiger charge is -2.22. The quantitative estimate of drug-likeness (QED) is 0.757. The number of alkyl halides is 1. The van der Waals surface area contributed by atoms with Crippen LogP contribution in [0.4, 0.5) is 4.39 Å². The maximum atomic E-state index is 13.0. The molecule has 0 aromatic heterocycles. The summed E-state index contributed by atoms with van der Waals surface area (Å²) in [5, 5.41) is 0. The van der Waals surface area contributed by atoms with Gasteiger partial charge < -0.3 is 0 Å². The molecular weight excluding hydrogens is 297 g/mol. The Bertz CT molecular complexity index is 430. The Morgan fingerprint density at radius 3 is 2.40 bits per heavy atom. The predicted octanol–water partition coefficient (Wildman–Crippen LogP) is 3.98. The molecule has 0 fully saturated rings. The zero-order valence-corrected chi connectivity index (χ0v) is 13.9. The Morgan fingerprint density at radius 1 is 1.30 bits per heavy atom. The SMILES string of the molecule is CC(C)(C)[S@@](=O)NC[C@H](CCCCl)c1ccc(F)cc1. The van der Waals surface area contributed by atoms with Crippen LogP contribution in [0.1, 0.15) is 45.1 Å². The fraction of sp³-hybridized carbons (Fsp3) is 0.600. The Labute approximate surface area is 128 Å². The second-order valence-electron chi connectivity index (χ2n) is 5.81. The molecule has 1 rings (SSSR count). The van der Waals surface area contributed by atoms with Gasteiger partial charge in [-0.2, -0.15) is 0 Å². The molecule has 0 aliphatic rings. The molecule has 2 nitrogen and oxygen atoms in total. The summed E-state index contributed by atoms with van der Waals surface area (Å²) in [6.07, 6.45) is 1.77. The molecule has 1 aromatic rings. The van der Waals surface area contributed by atoms with Crippen molar-refractivity contribution >= 4 is 22.6 Å². The summed E-state index contributed by atoms with van der Waals surface area (Å²) in [6, 6.07) is 6.50. The molecule has 1 N–H and O–H groups in total. The van der Waals surface area contributed by atoms with Crippen LogP contribution in [-0.4, -0.2) is 21.4 Å². The van der Waals surface area contributed by atoms with Crippen molar-refractivity contribution in [2.75, 3.05) is 12.4 Å². The van der Waals surface area contributed by atoms with Crippen molar-refractivity contribution in [3.05, 3.63) is 35.6 Å². The van der Waals surface area contributed by atoms with E-state index < -0.39 is 11.0 Å². The summed E-state index contributed by atoms with van der Waals surface area (Å²) >= 11 is 5.75. The van der Waals surface area contributed by atoms with E-state index in [-0.39, 0.29) is 16.5 Å². The number of benzene rings is 1. The van der Waals surface area contributed by atoms with Crippen LogP contribution in [0.15, 0.2) is 24.3 Å². The largest absolute Gasteiger partial charge is 0.242 e. The van der Waals surface area contributed by atoms with Gasteiger partial charge in [0, 0.05) is 12.4 Å². The second-order valence-corrected chi connectivity index (χ2v) is 8.24. The molecule has 0 aliphatic heterocycles. The van der Waals surface area contributed by atoms with Crippen molar-refractivity contribution in [2.24, 2.45) is 0 Å². The van der Waals surface area contributed by atoms with E-state index in [9.17, 15) is 8.60 Å². The second kappa shape index (κ2) is 8.11. The van der Waals surface area contributed by atoms with Gasteiger partial charge in [-0.1, -0.05) is 12.1 Å². The van der Waals surface area contributed by atoms with Gasteiger partial charge in [0.05, 0.1) is 15.7 Å². The van der Waals surface area contributed by atoms with Crippen LogP contribution in [0.5, 0.6) is 0 Å². The van der Waals surface area contributed by atoms with Crippen LogP contribution in [0.2, 0.25) is 0 Å². The minimum atomic E-state index is -1.10. The van der Waals surface area contributed by atoms with Crippen molar-refractivity contribution in [1.82, 2.24) is 4.72 Å². The van der Waals surface area contributed by atoms with Crippen molar-refractivity contribution in [3.8, 4) is 0 Å². The lowest BCUT2D eigenvalue weighted by Crippen LogP contribution is -2.35. The highest BCUT2D eigenvalue weighted by atomic mass is 35.5. The van der Waals surface area contributed by atoms with Gasteiger partial charge in [-0.3, -0.25) is 0 Å². The van der Waals surface area contributed by atoms with Crippen LogP contribution in [0.3, 0.4) is 0 Å². The molecule has 20 heavy (non-hydrogen) atoms. The maximum Gasteiger partial charge on any atom is 0.123 e. The van der Waals surface area contributed by atoms with E-state index in [2.05, 4.69) is 4.72 Å². The highest BCUT2D eigenvalue weighted by molar-refractivity contribution is 7.84. The van der Waals surface area contributed by atoms with E-state index in [4.69, 9.17) is 11.6 Å². The van der Waals surface area contributed by atoms with E-state index >= 15 is 0 Å². The number of hydrogen-bond donors (Lipinski definition) is 1. The Kier molecular flexibility index (Phi) is 7.13. The molecule has 0 unspecified atom stereocenters. The van der Waals surface area contributed by atoms with Gasteiger partial charge in [0.1, 0.15) is 5.82 Å². The third kappa shape index (κ3) is 5.90. The third-order valence-corrected chi connectivity index (χ3v) is 4.85. The number of hydrogen-bond acceptors (Lipinski definition) is 1. The molecule has 0 amide bonds. The van der Waals surface area contributed by atoms with E-state index in [1.165, 1.54) is 12.1 Å². The molecule has 1 aromatic carbocycles. The number of rotatable bonds is 7. The van der Waals surface area contributed by atoms with Crippen LogP contribution >= 0.6 is 11.6 Å².